The van der Waals surface area contributed by atoms with Crippen molar-refractivity contribution in [1.82, 2.24) is 9.88 Å². The Morgan fingerprint density at radius 3 is 2.54 bits per heavy atom. The van der Waals surface area contributed by atoms with Gasteiger partial charge in [0, 0.05) is 18.3 Å². The summed E-state index contributed by atoms with van der Waals surface area (Å²) >= 11 is 0. The summed E-state index contributed by atoms with van der Waals surface area (Å²) in [7, 11) is 1.80. The molecule has 0 saturated heterocycles. The highest BCUT2D eigenvalue weighted by molar-refractivity contribution is 6.04. The molecule has 0 radical (unpaired) electrons. The first-order valence-electron chi connectivity index (χ1n) is 7.28. The van der Waals surface area contributed by atoms with Crippen molar-refractivity contribution in [2.75, 3.05) is 13.6 Å². The fourth-order valence-corrected chi connectivity index (χ4v) is 1.81. The fourth-order valence-electron chi connectivity index (χ4n) is 1.81. The molecule has 9 nitrogen and oxygen atoms in total. The Morgan fingerprint density at radius 2 is 2.04 bits per heavy atom. The molecule has 1 aromatic rings. The lowest BCUT2D eigenvalue weighted by molar-refractivity contribution is -0.155. The molecule has 0 aliphatic heterocycles. The molecule has 9 heteroatoms. The lowest BCUT2D eigenvalue weighted by Gasteiger charge is -2.22. The van der Waals surface area contributed by atoms with Crippen molar-refractivity contribution in [3.8, 4) is 0 Å². The largest absolute Gasteiger partial charge is 0.459 e. The maximum atomic E-state index is 11.8. The summed E-state index contributed by atoms with van der Waals surface area (Å²) < 4.78 is 5.27. The highest BCUT2D eigenvalue weighted by Crippen LogP contribution is 2.08. The van der Waals surface area contributed by atoms with Crippen molar-refractivity contribution < 1.29 is 14.7 Å². The number of aromatic nitrogens is 1. The van der Waals surface area contributed by atoms with E-state index >= 15 is 0 Å². The van der Waals surface area contributed by atoms with Crippen molar-refractivity contribution in [3.05, 3.63) is 29.6 Å². The standard InChI is InChI=1S/C15H24N6O3/c1-15(2,3)24-12(22)9-21(4)8-11-6-5-10(7-18-11)13(16)19-14(17)20-23/h5-7,23H,8-9H2,1-4H3,(H4,16,17,19,20). The second-order valence-electron chi connectivity index (χ2n) is 6.25. The summed E-state index contributed by atoms with van der Waals surface area (Å²) in [6.45, 7) is 6.10. The molecular formula is C15H24N6O3. The van der Waals surface area contributed by atoms with Crippen LogP contribution in [0.1, 0.15) is 32.0 Å². The zero-order valence-electron chi connectivity index (χ0n) is 14.4. The van der Waals surface area contributed by atoms with Crippen LogP contribution < -0.4 is 11.5 Å². The molecule has 0 atom stereocenters. The van der Waals surface area contributed by atoms with Gasteiger partial charge in [0.05, 0.1) is 12.2 Å². The average molecular weight is 336 g/mol. The van der Waals surface area contributed by atoms with Crippen LogP contribution in [0.3, 0.4) is 0 Å². The van der Waals surface area contributed by atoms with Crippen molar-refractivity contribution in [3.63, 3.8) is 0 Å². The first-order valence-corrected chi connectivity index (χ1v) is 7.28. The minimum atomic E-state index is -0.506. The molecule has 0 spiro atoms. The Morgan fingerprint density at radius 1 is 1.38 bits per heavy atom. The van der Waals surface area contributed by atoms with Crippen LogP contribution in [-0.2, 0) is 16.1 Å². The van der Waals surface area contributed by atoms with E-state index in [2.05, 4.69) is 15.1 Å². The number of carbonyl (C=O) groups is 1. The van der Waals surface area contributed by atoms with Gasteiger partial charge in [-0.25, -0.2) is 0 Å². The van der Waals surface area contributed by atoms with Gasteiger partial charge in [0.15, 0.2) is 0 Å². The van der Waals surface area contributed by atoms with Crippen LogP contribution in [0.25, 0.3) is 0 Å². The van der Waals surface area contributed by atoms with Gasteiger partial charge >= 0.3 is 5.97 Å². The molecule has 1 heterocycles. The van der Waals surface area contributed by atoms with Crippen molar-refractivity contribution >= 4 is 17.8 Å². The molecule has 0 unspecified atom stereocenters. The van der Waals surface area contributed by atoms with Gasteiger partial charge in [-0.1, -0.05) is 0 Å². The Kier molecular flexibility index (Phi) is 6.66. The van der Waals surface area contributed by atoms with Gasteiger partial charge in [0.25, 0.3) is 5.96 Å². The molecule has 0 bridgehead atoms. The molecule has 24 heavy (non-hydrogen) atoms. The predicted molar refractivity (Wildman–Crippen MR) is 90.5 cm³/mol. The summed E-state index contributed by atoms with van der Waals surface area (Å²) in [6, 6.07) is 3.47. The van der Waals surface area contributed by atoms with Crippen LogP contribution in [-0.4, -0.2) is 52.0 Å². The molecule has 5 N–H and O–H groups in total. The van der Waals surface area contributed by atoms with Crippen LogP contribution >= 0.6 is 0 Å². The molecule has 0 aliphatic rings. The van der Waals surface area contributed by atoms with E-state index in [0.29, 0.717) is 12.1 Å². The highest BCUT2D eigenvalue weighted by atomic mass is 16.6. The van der Waals surface area contributed by atoms with Crippen LogP contribution in [0.2, 0.25) is 0 Å². The van der Waals surface area contributed by atoms with E-state index in [1.165, 1.54) is 6.20 Å². The van der Waals surface area contributed by atoms with E-state index in [9.17, 15) is 4.79 Å². The smallest absolute Gasteiger partial charge is 0.320 e. The van der Waals surface area contributed by atoms with Crippen molar-refractivity contribution in [1.29, 1.82) is 0 Å². The third kappa shape index (κ3) is 7.05. The van der Waals surface area contributed by atoms with E-state index < -0.39 is 5.60 Å². The van der Waals surface area contributed by atoms with Gasteiger partial charge < -0.3 is 21.4 Å². The molecule has 0 aliphatic carbocycles. The molecule has 0 amide bonds. The summed E-state index contributed by atoms with van der Waals surface area (Å²) in [5.41, 5.74) is 11.8. The normalized spacial score (nSPS) is 13.2. The Hall–Kier alpha value is -2.68. The number of likely N-dealkylation sites (N-methyl/N-ethyl adjacent to an activating group) is 1. The average Bonchev–Trinajstić information content (AvgIpc) is 2.45. The molecule has 1 rings (SSSR count). The summed E-state index contributed by atoms with van der Waals surface area (Å²) in [6.07, 6.45) is 1.53. The van der Waals surface area contributed by atoms with Gasteiger partial charge in [0.1, 0.15) is 11.4 Å². The van der Waals surface area contributed by atoms with Crippen molar-refractivity contribution in [2.45, 2.75) is 32.9 Å². The number of aliphatic imine (C=N–C) groups is 1. The Bertz CT molecular complexity index is 619. The molecular weight excluding hydrogens is 312 g/mol. The number of ether oxygens (including phenoxy) is 1. The molecule has 1 aromatic heterocycles. The number of nitrogens with two attached hydrogens (primary N) is 2. The van der Waals surface area contributed by atoms with Crippen LogP contribution in [0, 0.1) is 0 Å². The van der Waals surface area contributed by atoms with Gasteiger partial charge in [-0.15, -0.1) is 0 Å². The molecule has 132 valence electrons. The predicted octanol–water partition coefficient (Wildman–Crippen LogP) is 0.264. The number of hydrogen-bond acceptors (Lipinski definition) is 6. The Balaban J connectivity index is 2.64. The third-order valence-electron chi connectivity index (χ3n) is 2.71. The second kappa shape index (κ2) is 8.25. The minimum absolute atomic E-state index is 0.0893. The van der Waals surface area contributed by atoms with Crippen LogP contribution in [0.15, 0.2) is 28.5 Å². The van der Waals surface area contributed by atoms with E-state index in [1.54, 1.807) is 24.1 Å². The monoisotopic (exact) mass is 336 g/mol. The first-order chi connectivity index (χ1) is 11.1. The van der Waals surface area contributed by atoms with E-state index in [0.717, 1.165) is 5.69 Å². The maximum absolute atomic E-state index is 11.8. The Labute approximate surface area is 141 Å². The fraction of sp³-hybridized carbons (Fsp3) is 0.467. The topological polar surface area (TPSA) is 139 Å². The number of oxime groups is 1. The lowest BCUT2D eigenvalue weighted by Crippen LogP contribution is -2.32. The van der Waals surface area contributed by atoms with Gasteiger partial charge in [-0.3, -0.25) is 14.7 Å². The van der Waals surface area contributed by atoms with E-state index in [4.69, 9.17) is 21.4 Å². The number of amidine groups is 1. The van der Waals surface area contributed by atoms with E-state index in [1.807, 2.05) is 20.8 Å². The maximum Gasteiger partial charge on any atom is 0.320 e. The second-order valence-corrected chi connectivity index (χ2v) is 6.25. The SMILES string of the molecule is CN(CC(=O)OC(C)(C)C)Cc1ccc(C(N)=N/C(N)=N/O)cn1. The molecule has 0 aromatic carbocycles. The molecule has 0 saturated carbocycles. The number of esters is 1. The van der Waals surface area contributed by atoms with Gasteiger partial charge in [0.2, 0.25) is 0 Å². The van der Waals surface area contributed by atoms with Gasteiger partial charge in [-0.05, 0) is 45.1 Å². The first kappa shape index (κ1) is 19.4. The highest BCUT2D eigenvalue weighted by Gasteiger charge is 2.17. The third-order valence-corrected chi connectivity index (χ3v) is 2.71. The summed E-state index contributed by atoms with van der Waals surface area (Å²) in [4.78, 5) is 21.5. The number of guanidine groups is 1. The van der Waals surface area contributed by atoms with Crippen molar-refractivity contribution in [2.24, 2.45) is 21.6 Å². The lowest BCUT2D eigenvalue weighted by atomic mass is 10.2. The number of pyridine rings is 1. The number of rotatable bonds is 5. The quantitative estimate of drug-likeness (QED) is 0.230. The number of nitrogens with zero attached hydrogens (tertiary/aromatic N) is 4. The summed E-state index contributed by atoms with van der Waals surface area (Å²) in [5, 5.41) is 11.2. The van der Waals surface area contributed by atoms with Crippen LogP contribution in [0.5, 0.6) is 0 Å². The number of hydrogen-bond donors (Lipinski definition) is 3. The van der Waals surface area contributed by atoms with Gasteiger partial charge in [-0.2, -0.15) is 4.99 Å². The van der Waals surface area contributed by atoms with Crippen LogP contribution in [0.4, 0.5) is 0 Å². The number of carbonyl (C=O) groups excluding carboxylic acids is 1. The zero-order valence-corrected chi connectivity index (χ0v) is 14.4. The minimum Gasteiger partial charge on any atom is -0.459 e. The molecule has 0 fully saturated rings. The summed E-state index contributed by atoms with van der Waals surface area (Å²) in [5.74, 6) is -0.545. The zero-order chi connectivity index (χ0) is 18.3. The van der Waals surface area contributed by atoms with E-state index in [-0.39, 0.29) is 24.3 Å².